The lowest BCUT2D eigenvalue weighted by Gasteiger charge is -2.14. The maximum Gasteiger partial charge on any atom is 0.306 e. The van der Waals surface area contributed by atoms with Gasteiger partial charge in [-0.3, -0.25) is 14.3 Å². The standard InChI is InChI=1S/C19H23N3O5/c1-11-15(12(2)22(4)21-11)6-8-18(23)27-13(3)19(24)20-14-5-7-16-17(9-14)26-10-25-16/h5,7,9,13H,6,8,10H2,1-4H3,(H,20,24). The van der Waals surface area contributed by atoms with Gasteiger partial charge in [-0.25, -0.2) is 0 Å². The third-order valence-electron chi connectivity index (χ3n) is 4.56. The third kappa shape index (κ3) is 4.21. The van der Waals surface area contributed by atoms with E-state index in [2.05, 4.69) is 10.4 Å². The molecule has 2 aromatic rings. The molecule has 1 unspecified atom stereocenters. The fourth-order valence-electron chi connectivity index (χ4n) is 2.93. The van der Waals surface area contributed by atoms with Crippen molar-refractivity contribution in [2.75, 3.05) is 12.1 Å². The number of anilines is 1. The van der Waals surface area contributed by atoms with Crippen LogP contribution in [-0.4, -0.2) is 34.6 Å². The highest BCUT2D eigenvalue weighted by atomic mass is 16.7. The second kappa shape index (κ2) is 7.69. The molecule has 0 radical (unpaired) electrons. The highest BCUT2D eigenvalue weighted by Crippen LogP contribution is 2.34. The van der Waals surface area contributed by atoms with E-state index in [-0.39, 0.29) is 13.2 Å². The molecule has 0 fully saturated rings. The van der Waals surface area contributed by atoms with Crippen LogP contribution in [0, 0.1) is 13.8 Å². The first-order valence-corrected chi connectivity index (χ1v) is 8.74. The van der Waals surface area contributed by atoms with Crippen molar-refractivity contribution >= 4 is 17.6 Å². The summed E-state index contributed by atoms with van der Waals surface area (Å²) in [6, 6.07) is 5.09. The Labute approximate surface area is 157 Å². The van der Waals surface area contributed by atoms with Crippen LogP contribution in [0.15, 0.2) is 18.2 Å². The van der Waals surface area contributed by atoms with Crippen LogP contribution in [0.4, 0.5) is 5.69 Å². The largest absolute Gasteiger partial charge is 0.454 e. The molecule has 27 heavy (non-hydrogen) atoms. The first kappa shape index (κ1) is 18.8. The van der Waals surface area contributed by atoms with Gasteiger partial charge >= 0.3 is 5.97 Å². The highest BCUT2D eigenvalue weighted by Gasteiger charge is 2.20. The fourth-order valence-corrected chi connectivity index (χ4v) is 2.93. The number of rotatable bonds is 6. The van der Waals surface area contributed by atoms with Crippen LogP contribution < -0.4 is 14.8 Å². The number of nitrogens with one attached hydrogen (secondary N) is 1. The average Bonchev–Trinajstić information content (AvgIpc) is 3.17. The summed E-state index contributed by atoms with van der Waals surface area (Å²) in [7, 11) is 1.87. The molecule has 1 aliphatic heterocycles. The molecule has 1 amide bonds. The molecule has 1 N–H and O–H groups in total. The summed E-state index contributed by atoms with van der Waals surface area (Å²) in [6.45, 7) is 5.58. The number of ether oxygens (including phenoxy) is 3. The zero-order chi connectivity index (χ0) is 19.6. The predicted molar refractivity (Wildman–Crippen MR) is 97.8 cm³/mol. The number of aromatic nitrogens is 2. The zero-order valence-corrected chi connectivity index (χ0v) is 15.9. The second-order valence-electron chi connectivity index (χ2n) is 6.46. The zero-order valence-electron chi connectivity index (χ0n) is 15.9. The molecule has 8 nitrogen and oxygen atoms in total. The number of carbonyl (C=O) groups excluding carboxylic acids is 2. The molecule has 2 heterocycles. The molecule has 1 aromatic carbocycles. The molecule has 0 bridgehead atoms. The highest BCUT2D eigenvalue weighted by molar-refractivity contribution is 5.95. The van der Waals surface area contributed by atoms with Crippen molar-refractivity contribution < 1.29 is 23.8 Å². The molecule has 0 spiro atoms. The van der Waals surface area contributed by atoms with Crippen LogP contribution in [-0.2, 0) is 27.8 Å². The molecule has 3 rings (SSSR count). The van der Waals surface area contributed by atoms with Gasteiger partial charge in [-0.2, -0.15) is 5.10 Å². The van der Waals surface area contributed by atoms with E-state index < -0.39 is 18.0 Å². The van der Waals surface area contributed by atoms with Crippen molar-refractivity contribution in [2.45, 2.75) is 39.7 Å². The summed E-state index contributed by atoms with van der Waals surface area (Å²) in [5, 5.41) is 7.04. The summed E-state index contributed by atoms with van der Waals surface area (Å²) in [5.41, 5.74) is 3.51. The number of carbonyl (C=O) groups is 2. The van der Waals surface area contributed by atoms with Crippen molar-refractivity contribution in [3.05, 3.63) is 35.2 Å². The molecule has 0 saturated heterocycles. The summed E-state index contributed by atoms with van der Waals surface area (Å²) in [4.78, 5) is 24.4. The van der Waals surface area contributed by atoms with Gasteiger partial charge in [0.05, 0.1) is 5.69 Å². The first-order valence-electron chi connectivity index (χ1n) is 8.74. The van der Waals surface area contributed by atoms with E-state index >= 15 is 0 Å². The van der Waals surface area contributed by atoms with E-state index in [1.807, 2.05) is 20.9 Å². The fraction of sp³-hybridized carbons (Fsp3) is 0.421. The molecule has 1 atom stereocenters. The molecule has 8 heteroatoms. The van der Waals surface area contributed by atoms with Gasteiger partial charge in [-0.05, 0) is 44.9 Å². The summed E-state index contributed by atoms with van der Waals surface area (Å²) < 4.78 is 17.5. The Morgan fingerprint density at radius 1 is 1.30 bits per heavy atom. The summed E-state index contributed by atoms with van der Waals surface area (Å²) >= 11 is 0. The maximum atomic E-state index is 12.3. The minimum Gasteiger partial charge on any atom is -0.454 e. The Hall–Kier alpha value is -3.03. The molecular weight excluding hydrogens is 350 g/mol. The monoisotopic (exact) mass is 373 g/mol. The number of hydrogen-bond donors (Lipinski definition) is 1. The maximum absolute atomic E-state index is 12.3. The minimum absolute atomic E-state index is 0.163. The molecule has 1 aromatic heterocycles. The molecule has 0 saturated carbocycles. The van der Waals surface area contributed by atoms with E-state index in [1.165, 1.54) is 0 Å². The van der Waals surface area contributed by atoms with E-state index in [1.54, 1.807) is 29.8 Å². The average molecular weight is 373 g/mol. The van der Waals surface area contributed by atoms with Crippen LogP contribution in [0.5, 0.6) is 11.5 Å². The smallest absolute Gasteiger partial charge is 0.306 e. The lowest BCUT2D eigenvalue weighted by atomic mass is 10.1. The Balaban J connectivity index is 1.51. The Bertz CT molecular complexity index is 874. The molecular formula is C19H23N3O5. The lowest BCUT2D eigenvalue weighted by Crippen LogP contribution is -2.30. The number of hydrogen-bond acceptors (Lipinski definition) is 6. The van der Waals surface area contributed by atoms with Crippen molar-refractivity contribution in [2.24, 2.45) is 7.05 Å². The topological polar surface area (TPSA) is 91.7 Å². The van der Waals surface area contributed by atoms with Crippen LogP contribution in [0.3, 0.4) is 0 Å². The summed E-state index contributed by atoms with van der Waals surface area (Å²) in [6.07, 6.45) is -0.186. The van der Waals surface area contributed by atoms with Crippen LogP contribution in [0.1, 0.15) is 30.3 Å². The molecule has 0 aliphatic carbocycles. The van der Waals surface area contributed by atoms with E-state index in [4.69, 9.17) is 14.2 Å². The number of nitrogens with zero attached hydrogens (tertiary/aromatic N) is 2. The van der Waals surface area contributed by atoms with Crippen LogP contribution in [0.2, 0.25) is 0 Å². The van der Waals surface area contributed by atoms with Crippen molar-refractivity contribution in [3.63, 3.8) is 0 Å². The van der Waals surface area contributed by atoms with Gasteiger partial charge in [0, 0.05) is 30.9 Å². The Morgan fingerprint density at radius 2 is 2.04 bits per heavy atom. The quantitative estimate of drug-likeness (QED) is 0.781. The van der Waals surface area contributed by atoms with Gasteiger partial charge in [0.25, 0.3) is 5.91 Å². The number of aryl methyl sites for hydroxylation is 2. The van der Waals surface area contributed by atoms with E-state index in [0.29, 0.717) is 23.6 Å². The molecule has 144 valence electrons. The number of amides is 1. The third-order valence-corrected chi connectivity index (χ3v) is 4.56. The van der Waals surface area contributed by atoms with E-state index in [0.717, 1.165) is 17.0 Å². The van der Waals surface area contributed by atoms with Gasteiger partial charge < -0.3 is 19.5 Å². The van der Waals surface area contributed by atoms with Crippen LogP contribution >= 0.6 is 0 Å². The number of benzene rings is 1. The van der Waals surface area contributed by atoms with Crippen LogP contribution in [0.25, 0.3) is 0 Å². The lowest BCUT2D eigenvalue weighted by molar-refractivity contribution is -0.153. The SMILES string of the molecule is Cc1nn(C)c(C)c1CCC(=O)OC(C)C(=O)Nc1ccc2c(c1)OCO2. The second-order valence-corrected chi connectivity index (χ2v) is 6.46. The van der Waals surface area contributed by atoms with Gasteiger partial charge in [-0.1, -0.05) is 0 Å². The minimum atomic E-state index is -0.904. The van der Waals surface area contributed by atoms with Crippen molar-refractivity contribution in [1.82, 2.24) is 9.78 Å². The Kier molecular flexibility index (Phi) is 5.34. The molecule has 1 aliphatic rings. The van der Waals surface area contributed by atoms with Gasteiger partial charge in [-0.15, -0.1) is 0 Å². The van der Waals surface area contributed by atoms with Crippen molar-refractivity contribution in [3.8, 4) is 11.5 Å². The van der Waals surface area contributed by atoms with Gasteiger partial charge in [0.2, 0.25) is 6.79 Å². The number of esters is 1. The predicted octanol–water partition coefficient (Wildman–Crippen LogP) is 2.27. The van der Waals surface area contributed by atoms with E-state index in [9.17, 15) is 9.59 Å². The normalized spacial score (nSPS) is 13.3. The van der Waals surface area contributed by atoms with Gasteiger partial charge in [0.15, 0.2) is 17.6 Å². The van der Waals surface area contributed by atoms with Crippen molar-refractivity contribution in [1.29, 1.82) is 0 Å². The first-order chi connectivity index (χ1) is 12.8. The summed E-state index contributed by atoms with van der Waals surface area (Å²) in [5.74, 6) is 0.370. The van der Waals surface area contributed by atoms with Gasteiger partial charge in [0.1, 0.15) is 0 Å². The Morgan fingerprint density at radius 3 is 2.74 bits per heavy atom. The number of fused-ring (bicyclic) bond motifs is 1.